The first-order valence-electron chi connectivity index (χ1n) is 7.88. The molecular formula is C17H20N4O2S. The fraction of sp³-hybridized carbons (Fsp3) is 0.353. The number of aryl methyl sites for hydroxylation is 1. The summed E-state index contributed by atoms with van der Waals surface area (Å²) in [6.45, 7) is 4.53. The van der Waals surface area contributed by atoms with Crippen molar-refractivity contribution in [3.05, 3.63) is 34.8 Å². The Morgan fingerprint density at radius 1 is 1.33 bits per heavy atom. The quantitative estimate of drug-likeness (QED) is 0.746. The highest BCUT2D eigenvalue weighted by molar-refractivity contribution is 7.17. The van der Waals surface area contributed by atoms with Crippen molar-refractivity contribution in [3.63, 3.8) is 0 Å². The second-order valence-corrected chi connectivity index (χ2v) is 6.48. The Labute approximate surface area is 144 Å². The van der Waals surface area contributed by atoms with Crippen LogP contribution in [0.3, 0.4) is 0 Å². The van der Waals surface area contributed by atoms with E-state index in [1.807, 2.05) is 42.6 Å². The second-order valence-electron chi connectivity index (χ2n) is 5.42. The average molecular weight is 344 g/mol. The van der Waals surface area contributed by atoms with E-state index in [2.05, 4.69) is 15.4 Å². The molecular weight excluding hydrogens is 324 g/mol. The molecule has 7 heteroatoms. The van der Waals surface area contributed by atoms with Gasteiger partial charge in [-0.15, -0.1) is 5.10 Å². The van der Waals surface area contributed by atoms with Gasteiger partial charge in [-0.2, -0.15) is 4.98 Å². The van der Waals surface area contributed by atoms with Gasteiger partial charge in [0.15, 0.2) is 5.82 Å². The van der Waals surface area contributed by atoms with Crippen LogP contribution in [0.5, 0.6) is 5.75 Å². The molecule has 3 aromatic rings. The lowest BCUT2D eigenvalue weighted by molar-refractivity contribution is -0.120. The molecule has 0 spiro atoms. The summed E-state index contributed by atoms with van der Waals surface area (Å²) in [5.41, 5.74) is 2.04. The molecule has 126 valence electrons. The van der Waals surface area contributed by atoms with Gasteiger partial charge < -0.3 is 10.1 Å². The van der Waals surface area contributed by atoms with Gasteiger partial charge in [0.1, 0.15) is 5.75 Å². The molecule has 0 atom stereocenters. The molecule has 0 bridgehead atoms. The van der Waals surface area contributed by atoms with Crippen LogP contribution in [0.15, 0.2) is 24.3 Å². The monoisotopic (exact) mass is 344 g/mol. The molecule has 6 nitrogen and oxygen atoms in total. The van der Waals surface area contributed by atoms with Crippen LogP contribution in [-0.2, 0) is 11.2 Å². The first-order chi connectivity index (χ1) is 11.6. The Morgan fingerprint density at radius 2 is 2.08 bits per heavy atom. The lowest BCUT2D eigenvalue weighted by Crippen LogP contribution is -2.24. The van der Waals surface area contributed by atoms with Crippen molar-refractivity contribution in [2.45, 2.75) is 26.7 Å². The predicted octanol–water partition coefficient (Wildman–Crippen LogP) is 2.84. The van der Waals surface area contributed by atoms with Gasteiger partial charge in [-0.1, -0.05) is 18.3 Å². The third kappa shape index (κ3) is 3.26. The summed E-state index contributed by atoms with van der Waals surface area (Å²) < 4.78 is 7.05. The molecule has 1 amide bonds. The van der Waals surface area contributed by atoms with Gasteiger partial charge >= 0.3 is 0 Å². The zero-order valence-corrected chi connectivity index (χ0v) is 14.8. The molecule has 0 radical (unpaired) electrons. The molecule has 3 rings (SSSR count). The van der Waals surface area contributed by atoms with Crippen LogP contribution < -0.4 is 10.1 Å². The predicted molar refractivity (Wildman–Crippen MR) is 94.6 cm³/mol. The van der Waals surface area contributed by atoms with E-state index in [1.165, 1.54) is 4.88 Å². The standard InChI is InChI=1S/C17H20N4O2S/c1-4-15(22)18-10-9-14-11(2)21-17(24-14)19-16(20-21)12-5-7-13(23-3)8-6-12/h5-8H,4,9-10H2,1-3H3,(H,18,22). The van der Waals surface area contributed by atoms with E-state index in [1.54, 1.807) is 18.4 Å². The number of carbonyl (C=O) groups excluding carboxylic acids is 1. The van der Waals surface area contributed by atoms with Crippen molar-refractivity contribution in [2.75, 3.05) is 13.7 Å². The van der Waals surface area contributed by atoms with Crippen LogP contribution in [0, 0.1) is 6.92 Å². The number of rotatable bonds is 6. The van der Waals surface area contributed by atoms with Crippen molar-refractivity contribution in [1.82, 2.24) is 19.9 Å². The highest BCUT2D eigenvalue weighted by atomic mass is 32.1. The van der Waals surface area contributed by atoms with Crippen LogP contribution >= 0.6 is 11.3 Å². The van der Waals surface area contributed by atoms with Crippen molar-refractivity contribution in [2.24, 2.45) is 0 Å². The van der Waals surface area contributed by atoms with Gasteiger partial charge in [-0.3, -0.25) is 4.79 Å². The van der Waals surface area contributed by atoms with E-state index in [-0.39, 0.29) is 5.91 Å². The first kappa shape index (κ1) is 16.4. The molecule has 2 heterocycles. The Kier molecular flexibility index (Phi) is 4.80. The highest BCUT2D eigenvalue weighted by Gasteiger charge is 2.14. The number of thiazole rings is 1. The zero-order valence-electron chi connectivity index (χ0n) is 14.0. The summed E-state index contributed by atoms with van der Waals surface area (Å²) >= 11 is 1.62. The smallest absolute Gasteiger partial charge is 0.219 e. The average Bonchev–Trinajstić information content (AvgIpc) is 3.15. The van der Waals surface area contributed by atoms with Gasteiger partial charge in [0, 0.05) is 29.8 Å². The number of benzene rings is 1. The number of amides is 1. The van der Waals surface area contributed by atoms with Crippen molar-refractivity contribution < 1.29 is 9.53 Å². The molecule has 0 aliphatic rings. The molecule has 1 aromatic carbocycles. The Balaban J connectivity index is 1.78. The normalized spacial score (nSPS) is 11.0. The van der Waals surface area contributed by atoms with E-state index in [4.69, 9.17) is 4.74 Å². The first-order valence-corrected chi connectivity index (χ1v) is 8.70. The third-order valence-corrected chi connectivity index (χ3v) is 5.05. The minimum Gasteiger partial charge on any atom is -0.497 e. The van der Waals surface area contributed by atoms with Crippen LogP contribution in [-0.4, -0.2) is 34.2 Å². The minimum absolute atomic E-state index is 0.0777. The van der Waals surface area contributed by atoms with Gasteiger partial charge in [0.25, 0.3) is 0 Å². The van der Waals surface area contributed by atoms with Crippen LogP contribution in [0.2, 0.25) is 0 Å². The van der Waals surface area contributed by atoms with E-state index < -0.39 is 0 Å². The number of methoxy groups -OCH3 is 1. The van der Waals surface area contributed by atoms with E-state index in [0.717, 1.165) is 28.4 Å². The fourth-order valence-corrected chi connectivity index (χ4v) is 3.47. The number of aromatic nitrogens is 3. The molecule has 0 fully saturated rings. The minimum atomic E-state index is 0.0777. The number of nitrogens with one attached hydrogen (secondary N) is 1. The Bertz CT molecular complexity index is 851. The molecule has 24 heavy (non-hydrogen) atoms. The molecule has 0 saturated heterocycles. The maximum atomic E-state index is 11.3. The molecule has 0 aliphatic heterocycles. The lowest BCUT2D eigenvalue weighted by Gasteiger charge is -2.02. The number of carbonyl (C=O) groups is 1. The topological polar surface area (TPSA) is 68.5 Å². The Hall–Kier alpha value is -2.41. The molecule has 0 unspecified atom stereocenters. The molecule has 0 aliphatic carbocycles. The fourth-order valence-electron chi connectivity index (χ4n) is 2.42. The van der Waals surface area contributed by atoms with Gasteiger partial charge in [0.05, 0.1) is 12.8 Å². The largest absolute Gasteiger partial charge is 0.497 e. The number of ether oxygens (including phenoxy) is 1. The van der Waals surface area contributed by atoms with Gasteiger partial charge in [-0.25, -0.2) is 4.52 Å². The summed E-state index contributed by atoms with van der Waals surface area (Å²) in [6, 6.07) is 7.71. The summed E-state index contributed by atoms with van der Waals surface area (Å²) in [5.74, 6) is 1.60. The molecule has 2 aromatic heterocycles. The third-order valence-electron chi connectivity index (χ3n) is 3.86. The van der Waals surface area contributed by atoms with Crippen molar-refractivity contribution in [3.8, 4) is 17.1 Å². The SMILES string of the molecule is CCC(=O)NCCc1sc2nc(-c3ccc(OC)cc3)nn2c1C. The highest BCUT2D eigenvalue weighted by Crippen LogP contribution is 2.26. The van der Waals surface area contributed by atoms with Gasteiger partial charge in [-0.05, 0) is 31.2 Å². The lowest BCUT2D eigenvalue weighted by atomic mass is 10.2. The van der Waals surface area contributed by atoms with Crippen molar-refractivity contribution in [1.29, 1.82) is 0 Å². The van der Waals surface area contributed by atoms with Crippen LogP contribution in [0.25, 0.3) is 16.3 Å². The summed E-state index contributed by atoms with van der Waals surface area (Å²) in [7, 11) is 1.65. The molecule has 0 saturated carbocycles. The second kappa shape index (κ2) is 7.00. The number of fused-ring (bicyclic) bond motifs is 1. The van der Waals surface area contributed by atoms with E-state index in [0.29, 0.717) is 18.8 Å². The zero-order chi connectivity index (χ0) is 17.1. The van der Waals surface area contributed by atoms with Crippen LogP contribution in [0.1, 0.15) is 23.9 Å². The maximum Gasteiger partial charge on any atom is 0.219 e. The summed E-state index contributed by atoms with van der Waals surface area (Å²) in [5, 5.41) is 7.50. The van der Waals surface area contributed by atoms with E-state index in [9.17, 15) is 4.79 Å². The number of hydrogen-bond acceptors (Lipinski definition) is 5. The number of nitrogens with zero attached hydrogens (tertiary/aromatic N) is 3. The van der Waals surface area contributed by atoms with E-state index >= 15 is 0 Å². The van der Waals surface area contributed by atoms with Gasteiger partial charge in [0.2, 0.25) is 10.9 Å². The summed E-state index contributed by atoms with van der Waals surface area (Å²) in [4.78, 5) is 18.0. The maximum absolute atomic E-state index is 11.3. The summed E-state index contributed by atoms with van der Waals surface area (Å²) in [6.07, 6.45) is 1.31. The van der Waals surface area contributed by atoms with Crippen molar-refractivity contribution >= 4 is 22.2 Å². The van der Waals surface area contributed by atoms with Crippen LogP contribution in [0.4, 0.5) is 0 Å². The Morgan fingerprint density at radius 3 is 2.71 bits per heavy atom. The number of hydrogen-bond donors (Lipinski definition) is 1. The molecule has 1 N–H and O–H groups in total.